The molecule has 3 rings (SSSR count). The average Bonchev–Trinajstić information content (AvgIpc) is 2.69. The van der Waals surface area contributed by atoms with Crippen molar-refractivity contribution in [1.82, 2.24) is 9.97 Å². The Morgan fingerprint density at radius 2 is 1.89 bits per heavy atom. The van der Waals surface area contributed by atoms with Crippen molar-refractivity contribution in [2.75, 3.05) is 17.2 Å². The number of halogens is 1. The number of anilines is 2. The number of carbonyl (C=O) groups excluding carboxylic acids is 1. The van der Waals surface area contributed by atoms with Gasteiger partial charge in [-0.3, -0.25) is 4.79 Å². The molecule has 7 heteroatoms. The van der Waals surface area contributed by atoms with Crippen molar-refractivity contribution in [3.63, 3.8) is 0 Å². The fraction of sp³-hybridized carbons (Fsp3) is 0.143. The molecule has 0 aliphatic heterocycles. The summed E-state index contributed by atoms with van der Waals surface area (Å²) in [6, 6.07) is 18.1. The summed E-state index contributed by atoms with van der Waals surface area (Å²) in [7, 11) is 0. The van der Waals surface area contributed by atoms with Crippen LogP contribution in [-0.2, 0) is 6.42 Å². The predicted octanol–water partition coefficient (Wildman–Crippen LogP) is 4.22. The summed E-state index contributed by atoms with van der Waals surface area (Å²) < 4.78 is 0. The van der Waals surface area contributed by atoms with Gasteiger partial charge in [0.1, 0.15) is 11.8 Å². The van der Waals surface area contributed by atoms with Crippen LogP contribution in [0.15, 0.2) is 54.6 Å². The number of aromatic nitrogens is 2. The summed E-state index contributed by atoms with van der Waals surface area (Å²) in [5.74, 6) is -0.0124. The molecule has 0 radical (unpaired) electrons. The van der Waals surface area contributed by atoms with Crippen molar-refractivity contribution in [3.8, 4) is 6.07 Å². The Hall–Kier alpha value is -3.43. The minimum atomic E-state index is -0.394. The van der Waals surface area contributed by atoms with E-state index in [2.05, 4.69) is 26.7 Å². The molecule has 0 fully saturated rings. The Morgan fingerprint density at radius 3 is 2.64 bits per heavy atom. The van der Waals surface area contributed by atoms with Crippen LogP contribution in [0.5, 0.6) is 0 Å². The lowest BCUT2D eigenvalue weighted by Crippen LogP contribution is -2.17. The van der Waals surface area contributed by atoms with Crippen LogP contribution in [0.4, 0.5) is 11.6 Å². The van der Waals surface area contributed by atoms with E-state index in [9.17, 15) is 4.79 Å². The van der Waals surface area contributed by atoms with Crippen LogP contribution in [0.1, 0.15) is 27.3 Å². The predicted molar refractivity (Wildman–Crippen MR) is 110 cm³/mol. The first-order valence-corrected chi connectivity index (χ1v) is 9.07. The quantitative estimate of drug-likeness (QED) is 0.656. The lowest BCUT2D eigenvalue weighted by molar-refractivity contribution is 0.102. The normalized spacial score (nSPS) is 10.2. The van der Waals surface area contributed by atoms with E-state index in [1.165, 1.54) is 0 Å². The van der Waals surface area contributed by atoms with Gasteiger partial charge < -0.3 is 10.6 Å². The molecule has 6 nitrogen and oxygen atoms in total. The Kier molecular flexibility index (Phi) is 6.20. The fourth-order valence-corrected chi connectivity index (χ4v) is 2.74. The molecule has 0 aliphatic carbocycles. The van der Waals surface area contributed by atoms with Crippen molar-refractivity contribution in [3.05, 3.63) is 82.1 Å². The molecule has 0 atom stereocenters. The fourth-order valence-electron chi connectivity index (χ4n) is 2.61. The van der Waals surface area contributed by atoms with Crippen LogP contribution >= 0.6 is 11.6 Å². The molecule has 0 saturated heterocycles. The molecule has 1 heterocycles. The Balaban J connectivity index is 1.67. The molecule has 3 aromatic rings. The standard InChI is InChI=1S/C21H18ClN5O/c1-14-12-19(20(28)26-18-5-3-2-4-16(18)13-23)27-21(25-14)24-11-10-15-6-8-17(22)9-7-15/h2-9,12H,10-11H2,1H3,(H,26,28)(H,24,25,27). The lowest BCUT2D eigenvalue weighted by atomic mass is 10.1. The first kappa shape index (κ1) is 19.3. The number of benzene rings is 2. The van der Waals surface area contributed by atoms with E-state index in [0.717, 1.165) is 12.0 Å². The van der Waals surface area contributed by atoms with Crippen LogP contribution < -0.4 is 10.6 Å². The molecule has 0 spiro atoms. The van der Waals surface area contributed by atoms with Gasteiger partial charge in [-0.15, -0.1) is 0 Å². The van der Waals surface area contributed by atoms with Crippen LogP contribution in [0.2, 0.25) is 5.02 Å². The van der Waals surface area contributed by atoms with Gasteiger partial charge in [-0.2, -0.15) is 5.26 Å². The van der Waals surface area contributed by atoms with E-state index in [1.54, 1.807) is 37.3 Å². The Morgan fingerprint density at radius 1 is 1.14 bits per heavy atom. The van der Waals surface area contributed by atoms with Crippen LogP contribution in [0.3, 0.4) is 0 Å². The summed E-state index contributed by atoms with van der Waals surface area (Å²) in [5, 5.41) is 15.7. The van der Waals surface area contributed by atoms with E-state index in [1.807, 2.05) is 24.3 Å². The SMILES string of the molecule is Cc1cc(C(=O)Nc2ccccc2C#N)nc(NCCc2ccc(Cl)cc2)n1. The molecule has 2 aromatic carbocycles. The molecule has 0 bridgehead atoms. The van der Waals surface area contributed by atoms with Crippen LogP contribution in [0, 0.1) is 18.3 Å². The summed E-state index contributed by atoms with van der Waals surface area (Å²) in [6.45, 7) is 2.41. The monoisotopic (exact) mass is 391 g/mol. The number of nitriles is 1. The lowest BCUT2D eigenvalue weighted by Gasteiger charge is -2.10. The van der Waals surface area contributed by atoms with Crippen molar-refractivity contribution in [1.29, 1.82) is 5.26 Å². The highest BCUT2D eigenvalue weighted by atomic mass is 35.5. The summed E-state index contributed by atoms with van der Waals surface area (Å²) in [5.41, 5.74) is 2.87. The zero-order valence-corrected chi connectivity index (χ0v) is 16.0. The second-order valence-corrected chi connectivity index (χ2v) is 6.57. The minimum Gasteiger partial charge on any atom is -0.354 e. The third kappa shape index (κ3) is 5.06. The first-order chi connectivity index (χ1) is 13.5. The second kappa shape index (κ2) is 8.98. The maximum absolute atomic E-state index is 12.6. The Labute approximate surface area is 168 Å². The number of aryl methyl sites for hydroxylation is 1. The van der Waals surface area contributed by atoms with Crippen molar-refractivity contribution < 1.29 is 4.79 Å². The van der Waals surface area contributed by atoms with Crippen molar-refractivity contribution >= 4 is 29.1 Å². The number of hydrogen-bond acceptors (Lipinski definition) is 5. The van der Waals surface area contributed by atoms with Gasteiger partial charge in [0.05, 0.1) is 11.3 Å². The summed E-state index contributed by atoms with van der Waals surface area (Å²) in [6.07, 6.45) is 0.769. The van der Waals surface area contributed by atoms with Crippen LogP contribution in [0.25, 0.3) is 0 Å². The Bertz CT molecular complexity index is 1030. The third-order valence-corrected chi connectivity index (χ3v) is 4.24. The number of rotatable bonds is 6. The van der Waals surface area contributed by atoms with E-state index >= 15 is 0 Å². The number of carbonyl (C=O) groups is 1. The van der Waals surface area contributed by atoms with Crippen molar-refractivity contribution in [2.45, 2.75) is 13.3 Å². The number of hydrogen-bond donors (Lipinski definition) is 2. The smallest absolute Gasteiger partial charge is 0.274 e. The van der Waals surface area contributed by atoms with Gasteiger partial charge in [0.15, 0.2) is 0 Å². The topological polar surface area (TPSA) is 90.7 Å². The zero-order valence-electron chi connectivity index (χ0n) is 15.2. The van der Waals surface area contributed by atoms with E-state index in [0.29, 0.717) is 34.5 Å². The summed E-state index contributed by atoms with van der Waals surface area (Å²) in [4.78, 5) is 21.2. The maximum Gasteiger partial charge on any atom is 0.274 e. The molecule has 0 aliphatic rings. The molecule has 1 amide bonds. The van der Waals surface area contributed by atoms with Crippen LogP contribution in [-0.4, -0.2) is 22.4 Å². The average molecular weight is 392 g/mol. The highest BCUT2D eigenvalue weighted by Crippen LogP contribution is 2.15. The van der Waals surface area contributed by atoms with Gasteiger partial charge in [0, 0.05) is 17.3 Å². The molecule has 140 valence electrons. The maximum atomic E-state index is 12.6. The highest BCUT2D eigenvalue weighted by Gasteiger charge is 2.12. The molecule has 0 saturated carbocycles. The van der Waals surface area contributed by atoms with E-state index in [-0.39, 0.29) is 5.69 Å². The third-order valence-electron chi connectivity index (χ3n) is 3.99. The summed E-state index contributed by atoms with van der Waals surface area (Å²) >= 11 is 5.89. The number of amides is 1. The zero-order chi connectivity index (χ0) is 19.9. The molecule has 2 N–H and O–H groups in total. The van der Waals surface area contributed by atoms with Gasteiger partial charge in [0.25, 0.3) is 5.91 Å². The second-order valence-electron chi connectivity index (χ2n) is 6.13. The molecule has 1 aromatic heterocycles. The molecule has 0 unspecified atom stereocenters. The van der Waals surface area contributed by atoms with Gasteiger partial charge in [-0.1, -0.05) is 35.9 Å². The van der Waals surface area contributed by atoms with Gasteiger partial charge in [0.2, 0.25) is 5.95 Å². The van der Waals surface area contributed by atoms with Crippen molar-refractivity contribution in [2.24, 2.45) is 0 Å². The number of para-hydroxylation sites is 1. The molecule has 28 heavy (non-hydrogen) atoms. The van der Waals surface area contributed by atoms with Gasteiger partial charge in [-0.25, -0.2) is 9.97 Å². The molecular formula is C21H18ClN5O. The largest absolute Gasteiger partial charge is 0.354 e. The number of nitrogens with one attached hydrogen (secondary N) is 2. The van der Waals surface area contributed by atoms with E-state index in [4.69, 9.17) is 16.9 Å². The highest BCUT2D eigenvalue weighted by molar-refractivity contribution is 6.30. The number of nitrogens with zero attached hydrogens (tertiary/aromatic N) is 3. The van der Waals surface area contributed by atoms with Gasteiger partial charge >= 0.3 is 0 Å². The molecular weight excluding hydrogens is 374 g/mol. The van der Waals surface area contributed by atoms with E-state index < -0.39 is 5.91 Å². The van der Waals surface area contributed by atoms with Gasteiger partial charge in [-0.05, 0) is 49.2 Å². The minimum absolute atomic E-state index is 0.231. The first-order valence-electron chi connectivity index (χ1n) is 8.69.